The van der Waals surface area contributed by atoms with Gasteiger partial charge in [-0.05, 0) is 33.2 Å². The lowest BCUT2D eigenvalue weighted by molar-refractivity contribution is -0.127. The second-order valence-electron chi connectivity index (χ2n) is 4.85. The highest BCUT2D eigenvalue weighted by Crippen LogP contribution is 2.24. The van der Waals surface area contributed by atoms with E-state index in [0.717, 1.165) is 0 Å². The van der Waals surface area contributed by atoms with Gasteiger partial charge in [-0.25, -0.2) is 0 Å². The zero-order chi connectivity index (χ0) is 15.1. The molecule has 1 amide bonds. The predicted octanol–water partition coefficient (Wildman–Crippen LogP) is 1.15. The van der Waals surface area contributed by atoms with Crippen molar-refractivity contribution in [2.24, 2.45) is 0 Å². The van der Waals surface area contributed by atoms with Crippen molar-refractivity contribution in [1.82, 2.24) is 10.2 Å². The lowest BCUT2D eigenvalue weighted by Gasteiger charge is -2.19. The lowest BCUT2D eigenvalue weighted by atomic mass is 10.3. The SMILES string of the molecule is CC(Oc1ccccc1Cl)C(=O)NCC(O)CN(C)C. The van der Waals surface area contributed by atoms with Gasteiger partial charge in [0.25, 0.3) is 5.91 Å². The number of rotatable bonds is 7. The number of nitrogens with zero attached hydrogens (tertiary/aromatic N) is 1. The Morgan fingerprint density at radius 1 is 1.45 bits per heavy atom. The number of carbonyl (C=O) groups is 1. The van der Waals surface area contributed by atoms with Gasteiger partial charge in [-0.1, -0.05) is 23.7 Å². The van der Waals surface area contributed by atoms with Crippen molar-refractivity contribution >= 4 is 17.5 Å². The summed E-state index contributed by atoms with van der Waals surface area (Å²) in [5, 5.41) is 12.8. The molecule has 1 rings (SSSR count). The monoisotopic (exact) mass is 300 g/mol. The molecule has 20 heavy (non-hydrogen) atoms. The molecule has 0 saturated heterocycles. The highest BCUT2D eigenvalue weighted by Gasteiger charge is 2.17. The number of carbonyl (C=O) groups excluding carboxylic acids is 1. The molecule has 2 N–H and O–H groups in total. The van der Waals surface area contributed by atoms with Crippen molar-refractivity contribution in [2.75, 3.05) is 27.2 Å². The molecule has 6 heteroatoms. The van der Waals surface area contributed by atoms with E-state index in [9.17, 15) is 9.90 Å². The molecule has 2 atom stereocenters. The van der Waals surface area contributed by atoms with Crippen LogP contribution in [0.1, 0.15) is 6.92 Å². The van der Waals surface area contributed by atoms with Gasteiger partial charge in [0, 0.05) is 13.1 Å². The van der Waals surface area contributed by atoms with E-state index in [4.69, 9.17) is 16.3 Å². The number of hydrogen-bond donors (Lipinski definition) is 2. The van der Waals surface area contributed by atoms with Crippen LogP contribution in [0.5, 0.6) is 5.75 Å². The van der Waals surface area contributed by atoms with Gasteiger partial charge in [-0.3, -0.25) is 4.79 Å². The van der Waals surface area contributed by atoms with Gasteiger partial charge in [-0.15, -0.1) is 0 Å². The molecule has 1 aromatic carbocycles. The fraction of sp³-hybridized carbons (Fsp3) is 0.500. The van der Waals surface area contributed by atoms with Gasteiger partial charge in [-0.2, -0.15) is 0 Å². The minimum atomic E-state index is -0.679. The Hall–Kier alpha value is -1.30. The summed E-state index contributed by atoms with van der Waals surface area (Å²) in [5.41, 5.74) is 0. The first-order chi connectivity index (χ1) is 9.40. The summed E-state index contributed by atoms with van der Waals surface area (Å²) in [5.74, 6) is 0.174. The molecule has 0 aromatic heterocycles. The largest absolute Gasteiger partial charge is 0.479 e. The maximum atomic E-state index is 11.8. The van der Waals surface area contributed by atoms with E-state index in [0.29, 0.717) is 17.3 Å². The maximum Gasteiger partial charge on any atom is 0.260 e. The van der Waals surface area contributed by atoms with Gasteiger partial charge in [0.05, 0.1) is 11.1 Å². The molecule has 2 unspecified atom stereocenters. The Morgan fingerprint density at radius 2 is 2.10 bits per heavy atom. The molecule has 0 heterocycles. The number of aliphatic hydroxyl groups is 1. The highest BCUT2D eigenvalue weighted by molar-refractivity contribution is 6.32. The quantitative estimate of drug-likeness (QED) is 0.793. The Labute approximate surface area is 124 Å². The third-order valence-corrected chi connectivity index (χ3v) is 2.91. The number of likely N-dealkylation sites (N-methyl/N-ethyl adjacent to an activating group) is 1. The number of ether oxygens (including phenoxy) is 1. The molecule has 5 nitrogen and oxygen atoms in total. The lowest BCUT2D eigenvalue weighted by Crippen LogP contribution is -2.42. The fourth-order valence-corrected chi connectivity index (χ4v) is 1.81. The third kappa shape index (κ3) is 5.77. The van der Waals surface area contributed by atoms with E-state index in [-0.39, 0.29) is 12.5 Å². The average Bonchev–Trinajstić information content (AvgIpc) is 2.37. The van der Waals surface area contributed by atoms with Gasteiger partial charge < -0.3 is 20.1 Å². The summed E-state index contributed by atoms with van der Waals surface area (Å²) in [6.45, 7) is 2.31. The number of aliphatic hydroxyl groups excluding tert-OH is 1. The molecule has 0 aliphatic rings. The van der Waals surface area contributed by atoms with E-state index < -0.39 is 12.2 Å². The minimum Gasteiger partial charge on any atom is -0.479 e. The molecular formula is C14H21ClN2O3. The Morgan fingerprint density at radius 3 is 2.70 bits per heavy atom. The number of halogens is 1. The summed E-state index contributed by atoms with van der Waals surface area (Å²) in [7, 11) is 3.71. The van der Waals surface area contributed by atoms with Crippen LogP contribution >= 0.6 is 11.6 Å². The first-order valence-corrected chi connectivity index (χ1v) is 6.79. The standard InChI is InChI=1S/C14H21ClN2O3/c1-10(20-13-7-5-4-6-12(13)15)14(19)16-8-11(18)9-17(2)3/h4-7,10-11,18H,8-9H2,1-3H3,(H,16,19). The van der Waals surface area contributed by atoms with Crippen LogP contribution in [0.25, 0.3) is 0 Å². The molecule has 1 aromatic rings. The van der Waals surface area contributed by atoms with E-state index in [1.165, 1.54) is 0 Å². The predicted molar refractivity (Wildman–Crippen MR) is 79.1 cm³/mol. The molecule has 0 aliphatic heterocycles. The van der Waals surface area contributed by atoms with Crippen LogP contribution in [0.2, 0.25) is 5.02 Å². The molecule has 0 fully saturated rings. The van der Waals surface area contributed by atoms with Gasteiger partial charge in [0.1, 0.15) is 5.75 Å². The van der Waals surface area contributed by atoms with E-state index >= 15 is 0 Å². The number of amides is 1. The topological polar surface area (TPSA) is 61.8 Å². The summed E-state index contributed by atoms with van der Waals surface area (Å²) in [6.07, 6.45) is -1.29. The van der Waals surface area contributed by atoms with E-state index in [1.54, 1.807) is 31.2 Å². The zero-order valence-corrected chi connectivity index (χ0v) is 12.7. The van der Waals surface area contributed by atoms with Crippen LogP contribution in [-0.4, -0.2) is 55.3 Å². The molecule has 112 valence electrons. The fourth-order valence-electron chi connectivity index (χ4n) is 1.63. The minimum absolute atomic E-state index is 0.188. The van der Waals surface area contributed by atoms with Crippen LogP contribution in [0.15, 0.2) is 24.3 Å². The van der Waals surface area contributed by atoms with Gasteiger partial charge in [0.2, 0.25) is 0 Å². The smallest absolute Gasteiger partial charge is 0.260 e. The van der Waals surface area contributed by atoms with Gasteiger partial charge in [0.15, 0.2) is 6.10 Å². The first-order valence-electron chi connectivity index (χ1n) is 6.42. The molecule has 0 aliphatic carbocycles. The summed E-state index contributed by atoms with van der Waals surface area (Å²) in [6, 6.07) is 6.97. The molecule has 0 bridgehead atoms. The van der Waals surface area contributed by atoms with Crippen LogP contribution in [0.4, 0.5) is 0 Å². The molecule has 0 saturated carbocycles. The summed E-state index contributed by atoms with van der Waals surface area (Å²) < 4.78 is 5.48. The molecule has 0 spiro atoms. The molecular weight excluding hydrogens is 280 g/mol. The van der Waals surface area contributed by atoms with Crippen molar-refractivity contribution in [2.45, 2.75) is 19.1 Å². The Balaban J connectivity index is 2.42. The van der Waals surface area contributed by atoms with Crippen molar-refractivity contribution in [3.05, 3.63) is 29.3 Å². The van der Waals surface area contributed by atoms with Crippen molar-refractivity contribution in [3.8, 4) is 5.75 Å². The summed E-state index contributed by atoms with van der Waals surface area (Å²) in [4.78, 5) is 13.7. The van der Waals surface area contributed by atoms with Gasteiger partial charge >= 0.3 is 0 Å². The van der Waals surface area contributed by atoms with Crippen molar-refractivity contribution < 1.29 is 14.6 Å². The average molecular weight is 301 g/mol. The third-order valence-electron chi connectivity index (χ3n) is 2.60. The summed E-state index contributed by atoms with van der Waals surface area (Å²) >= 11 is 5.96. The first kappa shape index (κ1) is 16.8. The zero-order valence-electron chi connectivity index (χ0n) is 12.0. The van der Waals surface area contributed by atoms with E-state index in [1.807, 2.05) is 19.0 Å². The normalized spacial score (nSPS) is 13.9. The maximum absolute atomic E-state index is 11.8. The van der Waals surface area contributed by atoms with Crippen LogP contribution < -0.4 is 10.1 Å². The van der Waals surface area contributed by atoms with Crippen LogP contribution in [-0.2, 0) is 4.79 Å². The highest BCUT2D eigenvalue weighted by atomic mass is 35.5. The molecule has 0 radical (unpaired) electrons. The number of benzene rings is 1. The Kier molecular flexibility index (Phi) is 6.78. The number of para-hydroxylation sites is 1. The van der Waals surface area contributed by atoms with Crippen molar-refractivity contribution in [1.29, 1.82) is 0 Å². The number of hydrogen-bond acceptors (Lipinski definition) is 4. The van der Waals surface area contributed by atoms with Crippen LogP contribution in [0, 0.1) is 0 Å². The van der Waals surface area contributed by atoms with Crippen LogP contribution in [0.3, 0.4) is 0 Å². The second kappa shape index (κ2) is 8.09. The second-order valence-corrected chi connectivity index (χ2v) is 5.26. The van der Waals surface area contributed by atoms with Crippen molar-refractivity contribution in [3.63, 3.8) is 0 Å². The Bertz CT molecular complexity index is 440. The van der Waals surface area contributed by atoms with E-state index in [2.05, 4.69) is 5.32 Å². The number of nitrogens with one attached hydrogen (secondary N) is 1.